The number of hydrogen-bond donors (Lipinski definition) is 1. The van der Waals surface area contributed by atoms with Gasteiger partial charge in [-0.2, -0.15) is 0 Å². The highest BCUT2D eigenvalue weighted by atomic mass is 19.2. The van der Waals surface area contributed by atoms with E-state index in [2.05, 4.69) is 0 Å². The normalized spacial score (nSPS) is 12.8. The summed E-state index contributed by atoms with van der Waals surface area (Å²) >= 11 is 0. The van der Waals surface area contributed by atoms with Gasteiger partial charge < -0.3 is 10.5 Å². The minimum Gasteiger partial charge on any atom is -0.379 e. The van der Waals surface area contributed by atoms with Gasteiger partial charge in [0, 0.05) is 6.61 Å². The van der Waals surface area contributed by atoms with Gasteiger partial charge in [0.05, 0.1) is 12.6 Å². The molecule has 0 spiro atoms. The van der Waals surface area contributed by atoms with Crippen LogP contribution in [0.1, 0.15) is 24.9 Å². The van der Waals surface area contributed by atoms with E-state index in [9.17, 15) is 13.2 Å². The molecule has 0 aromatic heterocycles. The molecule has 1 aromatic rings. The van der Waals surface area contributed by atoms with Crippen molar-refractivity contribution in [2.24, 2.45) is 5.73 Å². The summed E-state index contributed by atoms with van der Waals surface area (Å²) in [6, 6.07) is 1.12. The van der Waals surface area contributed by atoms with Crippen LogP contribution >= 0.6 is 0 Å². The maximum atomic E-state index is 12.9. The highest BCUT2D eigenvalue weighted by Gasteiger charge is 2.14. The first-order chi connectivity index (χ1) is 7.56. The summed E-state index contributed by atoms with van der Waals surface area (Å²) in [6.45, 7) is 2.61. The topological polar surface area (TPSA) is 35.2 Å². The molecule has 0 fully saturated rings. The fraction of sp³-hybridized carbons (Fsp3) is 0.455. The Hall–Kier alpha value is -1.07. The predicted octanol–water partition coefficient (Wildman–Crippen LogP) is 2.53. The van der Waals surface area contributed by atoms with Crippen LogP contribution in [-0.4, -0.2) is 13.2 Å². The van der Waals surface area contributed by atoms with Crippen LogP contribution in [0.4, 0.5) is 13.2 Å². The zero-order valence-corrected chi connectivity index (χ0v) is 8.97. The van der Waals surface area contributed by atoms with E-state index in [4.69, 9.17) is 10.5 Å². The van der Waals surface area contributed by atoms with Crippen LogP contribution in [0.5, 0.6) is 0 Å². The molecular formula is C11H14F3NO. The number of halogens is 3. The quantitative estimate of drug-likeness (QED) is 0.626. The molecule has 0 saturated carbocycles. The second-order valence-corrected chi connectivity index (χ2v) is 3.48. The van der Waals surface area contributed by atoms with E-state index in [1.54, 1.807) is 0 Å². The summed E-state index contributed by atoms with van der Waals surface area (Å²) in [4.78, 5) is 0. The highest BCUT2D eigenvalue weighted by Crippen LogP contribution is 2.18. The molecule has 1 atom stereocenters. The van der Waals surface area contributed by atoms with Crippen LogP contribution in [-0.2, 0) is 4.74 Å². The molecule has 1 aromatic carbocycles. The van der Waals surface area contributed by atoms with Crippen molar-refractivity contribution in [3.63, 3.8) is 0 Å². The molecule has 1 unspecified atom stereocenters. The average Bonchev–Trinajstić information content (AvgIpc) is 2.25. The summed E-state index contributed by atoms with van der Waals surface area (Å²) in [5.74, 6) is -3.95. The lowest BCUT2D eigenvalue weighted by molar-refractivity contribution is 0.121. The Kier molecular flexibility index (Phi) is 4.76. The van der Waals surface area contributed by atoms with Crippen molar-refractivity contribution in [3.05, 3.63) is 35.1 Å². The van der Waals surface area contributed by atoms with Gasteiger partial charge in [0.25, 0.3) is 0 Å². The van der Waals surface area contributed by atoms with E-state index in [0.717, 1.165) is 18.6 Å². The summed E-state index contributed by atoms with van der Waals surface area (Å²) in [7, 11) is 0. The molecule has 0 aliphatic rings. The Bertz CT molecular complexity index is 334. The van der Waals surface area contributed by atoms with Gasteiger partial charge >= 0.3 is 0 Å². The Balaban J connectivity index is 2.72. The number of benzene rings is 1. The van der Waals surface area contributed by atoms with E-state index >= 15 is 0 Å². The summed E-state index contributed by atoms with van der Waals surface area (Å²) in [5.41, 5.74) is 5.83. The fourth-order valence-electron chi connectivity index (χ4n) is 1.24. The Morgan fingerprint density at radius 1 is 1.25 bits per heavy atom. The molecule has 0 heterocycles. The van der Waals surface area contributed by atoms with E-state index in [0.29, 0.717) is 6.61 Å². The van der Waals surface area contributed by atoms with Crippen molar-refractivity contribution in [2.45, 2.75) is 19.4 Å². The first-order valence-electron chi connectivity index (χ1n) is 5.04. The molecule has 2 nitrogen and oxygen atoms in total. The molecule has 0 bridgehead atoms. The minimum absolute atomic E-state index is 0.151. The zero-order chi connectivity index (χ0) is 12.1. The van der Waals surface area contributed by atoms with E-state index in [1.807, 2.05) is 6.92 Å². The van der Waals surface area contributed by atoms with Gasteiger partial charge in [-0.25, -0.2) is 13.2 Å². The molecule has 0 aliphatic heterocycles. The lowest BCUT2D eigenvalue weighted by atomic mass is 10.1. The van der Waals surface area contributed by atoms with Gasteiger partial charge in [0.2, 0.25) is 0 Å². The Morgan fingerprint density at radius 3 is 2.31 bits per heavy atom. The maximum absolute atomic E-state index is 12.9. The monoisotopic (exact) mass is 233 g/mol. The lowest BCUT2D eigenvalue weighted by Crippen LogP contribution is -2.18. The van der Waals surface area contributed by atoms with E-state index in [1.165, 1.54) is 0 Å². The zero-order valence-electron chi connectivity index (χ0n) is 8.97. The molecule has 5 heteroatoms. The molecule has 90 valence electrons. The van der Waals surface area contributed by atoms with Gasteiger partial charge in [-0.05, 0) is 24.1 Å². The van der Waals surface area contributed by atoms with Crippen molar-refractivity contribution in [3.8, 4) is 0 Å². The van der Waals surface area contributed by atoms with Crippen LogP contribution < -0.4 is 5.73 Å². The number of rotatable bonds is 5. The van der Waals surface area contributed by atoms with Crippen molar-refractivity contribution in [1.29, 1.82) is 0 Å². The smallest absolute Gasteiger partial charge is 0.194 e. The Morgan fingerprint density at radius 2 is 1.81 bits per heavy atom. The van der Waals surface area contributed by atoms with Gasteiger partial charge in [-0.15, -0.1) is 0 Å². The van der Waals surface area contributed by atoms with Gasteiger partial charge in [-0.3, -0.25) is 0 Å². The Labute approximate surface area is 92.2 Å². The molecule has 1 rings (SSSR count). The van der Waals surface area contributed by atoms with E-state index in [-0.39, 0.29) is 12.2 Å². The summed E-state index contributed by atoms with van der Waals surface area (Å²) in [6.07, 6.45) is 0.832. The van der Waals surface area contributed by atoms with Crippen molar-refractivity contribution in [1.82, 2.24) is 0 Å². The molecule has 0 radical (unpaired) electrons. The SMILES string of the molecule is CCCOCC(N)c1cc(F)c(F)c(F)c1. The number of hydrogen-bond acceptors (Lipinski definition) is 2. The van der Waals surface area contributed by atoms with Crippen molar-refractivity contribution < 1.29 is 17.9 Å². The second kappa shape index (κ2) is 5.86. The minimum atomic E-state index is -1.48. The first kappa shape index (κ1) is 13.0. The standard InChI is InChI=1S/C11H14F3NO/c1-2-3-16-6-10(15)7-4-8(12)11(14)9(13)5-7/h4-5,10H,2-3,6,15H2,1H3. The molecular weight excluding hydrogens is 219 g/mol. The lowest BCUT2D eigenvalue weighted by Gasteiger charge is -2.12. The molecule has 0 amide bonds. The number of nitrogens with two attached hydrogens (primary N) is 1. The maximum Gasteiger partial charge on any atom is 0.194 e. The van der Waals surface area contributed by atoms with Gasteiger partial charge in [0.15, 0.2) is 17.5 Å². The summed E-state index contributed by atoms with van der Waals surface area (Å²) in [5, 5.41) is 0. The van der Waals surface area contributed by atoms with Crippen molar-refractivity contribution in [2.75, 3.05) is 13.2 Å². The van der Waals surface area contributed by atoms with Crippen molar-refractivity contribution >= 4 is 0 Å². The predicted molar refractivity (Wildman–Crippen MR) is 54.4 cm³/mol. The van der Waals surface area contributed by atoms with Crippen LogP contribution in [0.15, 0.2) is 12.1 Å². The fourth-order valence-corrected chi connectivity index (χ4v) is 1.24. The molecule has 16 heavy (non-hydrogen) atoms. The third-order valence-electron chi connectivity index (χ3n) is 2.08. The number of ether oxygens (including phenoxy) is 1. The van der Waals surface area contributed by atoms with Gasteiger partial charge in [-0.1, -0.05) is 6.92 Å². The van der Waals surface area contributed by atoms with E-state index < -0.39 is 23.5 Å². The van der Waals surface area contributed by atoms with Crippen LogP contribution in [0.3, 0.4) is 0 Å². The molecule has 0 aliphatic carbocycles. The van der Waals surface area contributed by atoms with Crippen LogP contribution in [0.25, 0.3) is 0 Å². The highest BCUT2D eigenvalue weighted by molar-refractivity contribution is 5.22. The second-order valence-electron chi connectivity index (χ2n) is 3.48. The summed E-state index contributed by atoms with van der Waals surface area (Å²) < 4.78 is 43.6. The van der Waals surface area contributed by atoms with Crippen LogP contribution in [0, 0.1) is 17.5 Å². The molecule has 0 saturated heterocycles. The third kappa shape index (κ3) is 3.21. The first-order valence-corrected chi connectivity index (χ1v) is 5.04. The molecule has 2 N–H and O–H groups in total. The average molecular weight is 233 g/mol. The third-order valence-corrected chi connectivity index (χ3v) is 2.08. The van der Waals surface area contributed by atoms with Gasteiger partial charge in [0.1, 0.15) is 0 Å². The van der Waals surface area contributed by atoms with Crippen LogP contribution in [0.2, 0.25) is 0 Å². The largest absolute Gasteiger partial charge is 0.379 e.